The summed E-state index contributed by atoms with van der Waals surface area (Å²) in [5.41, 5.74) is 0.662. The summed E-state index contributed by atoms with van der Waals surface area (Å²) in [7, 11) is 1.72. The minimum atomic E-state index is -3.04. The van der Waals surface area contributed by atoms with Crippen LogP contribution in [0.15, 0.2) is 30.7 Å². The van der Waals surface area contributed by atoms with E-state index in [1.54, 1.807) is 24.1 Å². The van der Waals surface area contributed by atoms with Gasteiger partial charge in [0.2, 0.25) is 0 Å². The number of alkyl halides is 2. The van der Waals surface area contributed by atoms with Crippen LogP contribution < -0.4 is 20.3 Å². The summed E-state index contributed by atoms with van der Waals surface area (Å²) in [6, 6.07) is 4.01. The van der Waals surface area contributed by atoms with E-state index < -0.39 is 12.5 Å². The lowest BCUT2D eigenvalue weighted by Gasteiger charge is -2.17. The highest BCUT2D eigenvalue weighted by Crippen LogP contribution is 2.31. The number of nitrogens with zero attached hydrogens (tertiary/aromatic N) is 5. The molecule has 1 aliphatic carbocycles. The van der Waals surface area contributed by atoms with E-state index in [2.05, 4.69) is 35.3 Å². The summed E-state index contributed by atoms with van der Waals surface area (Å²) < 4.78 is 31.9. The van der Waals surface area contributed by atoms with E-state index in [0.29, 0.717) is 28.8 Å². The Balaban J connectivity index is 1.29. The highest BCUT2D eigenvalue weighted by atomic mass is 19.3. The largest absolute Gasteiger partial charge is 0.433 e. The molecule has 1 saturated heterocycles. The molecular weight excluding hydrogens is 420 g/mol. The first-order chi connectivity index (χ1) is 15.4. The number of hydrogen-bond donors (Lipinski definition) is 2. The average molecular weight is 443 g/mol. The number of anilines is 2. The number of aromatic nitrogens is 4. The SMILES string of the molecule is Cn1cc2cc(NC(=O)c3cnc(N4CCC(NC5CC5)C4)cn3)c(OC(F)F)cc2n1. The third-order valence-corrected chi connectivity index (χ3v) is 5.62. The van der Waals surface area contributed by atoms with E-state index in [1.807, 2.05) is 0 Å². The molecule has 32 heavy (non-hydrogen) atoms. The van der Waals surface area contributed by atoms with Crippen LogP contribution in [-0.4, -0.2) is 57.4 Å². The Labute approximate surface area is 182 Å². The van der Waals surface area contributed by atoms with Gasteiger partial charge >= 0.3 is 6.61 Å². The number of amides is 1. The maximum atomic E-state index is 12.9. The Morgan fingerprint density at radius 2 is 2.03 bits per heavy atom. The maximum absolute atomic E-state index is 12.9. The summed E-state index contributed by atoms with van der Waals surface area (Å²) in [6.45, 7) is -1.30. The first kappa shape index (κ1) is 20.6. The Morgan fingerprint density at radius 1 is 1.19 bits per heavy atom. The van der Waals surface area contributed by atoms with Gasteiger partial charge in [0, 0.05) is 49.9 Å². The molecule has 1 atom stereocenters. The van der Waals surface area contributed by atoms with E-state index in [1.165, 1.54) is 31.2 Å². The lowest BCUT2D eigenvalue weighted by molar-refractivity contribution is -0.0492. The van der Waals surface area contributed by atoms with Crippen LogP contribution in [0.25, 0.3) is 10.9 Å². The smallest absolute Gasteiger partial charge is 0.387 e. The molecule has 2 N–H and O–H groups in total. The van der Waals surface area contributed by atoms with Crippen LogP contribution in [-0.2, 0) is 7.05 Å². The van der Waals surface area contributed by atoms with Gasteiger partial charge in [0.25, 0.3) is 5.91 Å². The summed E-state index contributed by atoms with van der Waals surface area (Å²) >= 11 is 0. The normalized spacial score (nSPS) is 18.5. The fraction of sp³-hybridized carbons (Fsp3) is 0.429. The number of ether oxygens (including phenoxy) is 1. The van der Waals surface area contributed by atoms with Gasteiger partial charge in [-0.3, -0.25) is 9.48 Å². The molecule has 3 aromatic rings. The molecule has 2 fully saturated rings. The minimum absolute atomic E-state index is 0.0786. The van der Waals surface area contributed by atoms with Crippen molar-refractivity contribution in [3.05, 3.63) is 36.4 Å². The molecule has 3 heterocycles. The van der Waals surface area contributed by atoms with Gasteiger partial charge in [-0.15, -0.1) is 0 Å². The van der Waals surface area contributed by atoms with Crippen LogP contribution in [0.1, 0.15) is 29.8 Å². The molecule has 2 aliphatic rings. The van der Waals surface area contributed by atoms with Gasteiger partial charge in [-0.05, 0) is 25.3 Å². The van der Waals surface area contributed by atoms with Crippen molar-refractivity contribution in [2.24, 2.45) is 7.05 Å². The molecule has 1 aromatic carbocycles. The summed E-state index contributed by atoms with van der Waals surface area (Å²) in [5.74, 6) is -0.0309. The predicted octanol–water partition coefficient (Wildman–Crippen LogP) is 2.55. The first-order valence-corrected chi connectivity index (χ1v) is 10.5. The van der Waals surface area contributed by atoms with Crippen molar-refractivity contribution in [1.29, 1.82) is 0 Å². The van der Waals surface area contributed by atoms with Crippen molar-refractivity contribution in [3.63, 3.8) is 0 Å². The first-order valence-electron chi connectivity index (χ1n) is 10.5. The number of halogens is 2. The number of nitrogens with one attached hydrogen (secondary N) is 2. The Hall–Kier alpha value is -3.34. The van der Waals surface area contributed by atoms with Crippen LogP contribution in [0.3, 0.4) is 0 Å². The van der Waals surface area contributed by atoms with Gasteiger partial charge in [-0.25, -0.2) is 9.97 Å². The van der Waals surface area contributed by atoms with Crippen LogP contribution in [0.5, 0.6) is 5.75 Å². The second kappa shape index (κ2) is 8.30. The zero-order valence-electron chi connectivity index (χ0n) is 17.5. The molecule has 1 amide bonds. The van der Waals surface area contributed by atoms with Crippen LogP contribution in [0, 0.1) is 0 Å². The molecule has 1 saturated carbocycles. The number of hydrogen-bond acceptors (Lipinski definition) is 7. The summed E-state index contributed by atoms with van der Waals surface area (Å²) in [4.78, 5) is 23.5. The van der Waals surface area contributed by atoms with Crippen molar-refractivity contribution in [3.8, 4) is 5.75 Å². The number of carbonyl (C=O) groups is 1. The maximum Gasteiger partial charge on any atom is 0.387 e. The highest BCUT2D eigenvalue weighted by molar-refractivity contribution is 6.04. The van der Waals surface area contributed by atoms with Gasteiger partial charge in [0.15, 0.2) is 5.75 Å². The quantitative estimate of drug-likeness (QED) is 0.579. The Morgan fingerprint density at radius 3 is 2.75 bits per heavy atom. The van der Waals surface area contributed by atoms with Crippen molar-refractivity contribution in [2.75, 3.05) is 23.3 Å². The zero-order chi connectivity index (χ0) is 22.2. The monoisotopic (exact) mass is 443 g/mol. The number of fused-ring (bicyclic) bond motifs is 1. The fourth-order valence-electron chi connectivity index (χ4n) is 3.94. The lowest BCUT2D eigenvalue weighted by atomic mass is 10.2. The van der Waals surface area contributed by atoms with Gasteiger partial charge in [-0.2, -0.15) is 13.9 Å². The molecular formula is C21H23F2N7O2. The lowest BCUT2D eigenvalue weighted by Crippen LogP contribution is -2.34. The van der Waals surface area contributed by atoms with E-state index in [-0.39, 0.29) is 17.1 Å². The fourth-order valence-corrected chi connectivity index (χ4v) is 3.94. The number of carbonyl (C=O) groups excluding carboxylic acids is 1. The van der Waals surface area contributed by atoms with Gasteiger partial charge in [-0.1, -0.05) is 0 Å². The molecule has 1 unspecified atom stereocenters. The van der Waals surface area contributed by atoms with Crippen molar-refractivity contribution in [1.82, 2.24) is 25.1 Å². The van der Waals surface area contributed by atoms with Crippen LogP contribution in [0.4, 0.5) is 20.3 Å². The van der Waals surface area contributed by atoms with Gasteiger partial charge in [0.05, 0.1) is 23.6 Å². The van der Waals surface area contributed by atoms with Crippen LogP contribution >= 0.6 is 0 Å². The molecule has 0 spiro atoms. The second-order valence-electron chi connectivity index (χ2n) is 8.17. The molecule has 168 valence electrons. The van der Waals surface area contributed by atoms with E-state index >= 15 is 0 Å². The number of aryl methyl sites for hydroxylation is 1. The third kappa shape index (κ3) is 4.47. The molecule has 2 aromatic heterocycles. The van der Waals surface area contributed by atoms with E-state index in [9.17, 15) is 13.6 Å². The Kier molecular flexibility index (Phi) is 5.33. The zero-order valence-corrected chi connectivity index (χ0v) is 17.5. The summed E-state index contributed by atoms with van der Waals surface area (Å²) in [5, 5.41) is 11.1. The average Bonchev–Trinajstić information content (AvgIpc) is 3.31. The molecule has 0 radical (unpaired) electrons. The molecule has 5 rings (SSSR count). The molecule has 0 bridgehead atoms. The van der Waals surface area contributed by atoms with Crippen LogP contribution in [0.2, 0.25) is 0 Å². The van der Waals surface area contributed by atoms with E-state index in [4.69, 9.17) is 0 Å². The Bertz CT molecular complexity index is 1130. The third-order valence-electron chi connectivity index (χ3n) is 5.62. The molecule has 11 heteroatoms. The van der Waals surface area contributed by atoms with Gasteiger partial charge < -0.3 is 20.3 Å². The van der Waals surface area contributed by atoms with Gasteiger partial charge in [0.1, 0.15) is 11.5 Å². The predicted molar refractivity (Wildman–Crippen MR) is 114 cm³/mol. The molecule has 1 aliphatic heterocycles. The molecule has 9 nitrogen and oxygen atoms in total. The van der Waals surface area contributed by atoms with Crippen molar-refractivity contribution < 1.29 is 18.3 Å². The van der Waals surface area contributed by atoms with E-state index in [0.717, 1.165) is 19.5 Å². The van der Waals surface area contributed by atoms with Crippen molar-refractivity contribution >= 4 is 28.3 Å². The highest BCUT2D eigenvalue weighted by Gasteiger charge is 2.29. The topological polar surface area (TPSA) is 97.2 Å². The minimum Gasteiger partial charge on any atom is -0.433 e. The second-order valence-corrected chi connectivity index (χ2v) is 8.17. The van der Waals surface area contributed by atoms with Crippen molar-refractivity contribution in [2.45, 2.75) is 38.0 Å². The summed E-state index contributed by atoms with van der Waals surface area (Å²) in [6.07, 6.45) is 8.21. The number of benzene rings is 1. The number of rotatable bonds is 7. The standard InChI is InChI=1S/C21H23F2N7O2/c1-29-10-12-6-16(18(32-21(22)23)7-15(12)28-29)27-20(31)17-8-25-19(9-24-17)30-5-4-14(11-30)26-13-2-3-13/h6-10,13-14,21,26H,2-5,11H2,1H3,(H,27,31).